The molecule has 0 heterocycles. The van der Waals surface area contributed by atoms with Gasteiger partial charge in [0.1, 0.15) is 0 Å². The van der Waals surface area contributed by atoms with Crippen molar-refractivity contribution in [2.75, 3.05) is 0 Å². The minimum atomic E-state index is 0.505. The highest BCUT2D eigenvalue weighted by atomic mass is 14.9. The minimum absolute atomic E-state index is 0.505. The van der Waals surface area contributed by atoms with Gasteiger partial charge in [0, 0.05) is 12.1 Å². The molecule has 1 heteroatoms. The summed E-state index contributed by atoms with van der Waals surface area (Å²) in [5, 5.41) is 3.88. The molecule has 1 fully saturated rings. The van der Waals surface area contributed by atoms with Crippen molar-refractivity contribution >= 4 is 0 Å². The van der Waals surface area contributed by atoms with Crippen molar-refractivity contribution < 1.29 is 0 Å². The molecule has 0 bridgehead atoms. The monoisotopic (exact) mass is 271 g/mol. The number of benzene rings is 1. The van der Waals surface area contributed by atoms with Gasteiger partial charge in [-0.2, -0.15) is 0 Å². The summed E-state index contributed by atoms with van der Waals surface area (Å²) in [6.07, 6.45) is 13.8. The second-order valence-electron chi connectivity index (χ2n) is 6.81. The van der Waals surface area contributed by atoms with Crippen molar-refractivity contribution in [3.63, 3.8) is 0 Å². The molecule has 3 rings (SSSR count). The molecule has 110 valence electrons. The van der Waals surface area contributed by atoms with Gasteiger partial charge in [0.25, 0.3) is 0 Å². The second-order valence-corrected chi connectivity index (χ2v) is 6.81. The standard InChI is InChI=1S/C19H29N/c1-15(20-19-10-4-2-3-5-11-19)17-13-12-16-8-6-7-9-18(16)14-17/h12-15,19-20H,2-11H2,1H3. The molecule has 1 N–H and O–H groups in total. The highest BCUT2D eigenvalue weighted by Gasteiger charge is 2.17. The summed E-state index contributed by atoms with van der Waals surface area (Å²) >= 11 is 0. The third-order valence-electron chi connectivity index (χ3n) is 5.21. The first-order valence-corrected chi connectivity index (χ1v) is 8.71. The van der Waals surface area contributed by atoms with E-state index in [-0.39, 0.29) is 0 Å². The lowest BCUT2D eigenvalue weighted by atomic mass is 9.89. The number of rotatable bonds is 3. The van der Waals surface area contributed by atoms with Crippen LogP contribution < -0.4 is 5.32 Å². The molecule has 0 amide bonds. The summed E-state index contributed by atoms with van der Waals surface area (Å²) in [5.74, 6) is 0. The van der Waals surface area contributed by atoms with E-state index in [1.165, 1.54) is 69.8 Å². The third-order valence-corrected chi connectivity index (χ3v) is 5.21. The highest BCUT2D eigenvalue weighted by molar-refractivity contribution is 5.35. The van der Waals surface area contributed by atoms with E-state index in [0.29, 0.717) is 6.04 Å². The Labute approximate surface area is 124 Å². The molecular weight excluding hydrogens is 242 g/mol. The number of hydrogen-bond donors (Lipinski definition) is 1. The maximum atomic E-state index is 3.88. The van der Waals surface area contributed by atoms with E-state index in [2.05, 4.69) is 30.4 Å². The zero-order valence-electron chi connectivity index (χ0n) is 13.0. The van der Waals surface area contributed by atoms with E-state index in [9.17, 15) is 0 Å². The van der Waals surface area contributed by atoms with E-state index in [1.807, 2.05) is 0 Å². The lowest BCUT2D eigenvalue weighted by molar-refractivity contribution is 0.414. The molecule has 0 saturated heterocycles. The predicted octanol–water partition coefficient (Wildman–Crippen LogP) is 4.94. The van der Waals surface area contributed by atoms with Gasteiger partial charge in [-0.25, -0.2) is 0 Å². The first kappa shape index (κ1) is 14.1. The number of fused-ring (bicyclic) bond motifs is 1. The van der Waals surface area contributed by atoms with Gasteiger partial charge in [-0.1, -0.05) is 43.9 Å². The molecule has 2 aliphatic carbocycles. The Hall–Kier alpha value is -0.820. The highest BCUT2D eigenvalue weighted by Crippen LogP contribution is 2.26. The fourth-order valence-electron chi connectivity index (χ4n) is 3.92. The molecule has 1 aromatic rings. The van der Waals surface area contributed by atoms with Crippen LogP contribution in [0.5, 0.6) is 0 Å². The molecule has 20 heavy (non-hydrogen) atoms. The molecule has 0 aliphatic heterocycles. The van der Waals surface area contributed by atoms with Gasteiger partial charge in [-0.15, -0.1) is 0 Å². The summed E-state index contributed by atoms with van der Waals surface area (Å²) in [6, 6.07) is 8.46. The molecular formula is C19H29N. The molecule has 2 aliphatic rings. The molecule has 1 unspecified atom stereocenters. The summed E-state index contributed by atoms with van der Waals surface area (Å²) < 4.78 is 0. The zero-order valence-corrected chi connectivity index (χ0v) is 13.0. The van der Waals surface area contributed by atoms with Crippen molar-refractivity contribution in [2.45, 2.75) is 83.2 Å². The Kier molecular flexibility index (Phi) is 4.77. The lowest BCUT2D eigenvalue weighted by Gasteiger charge is -2.24. The van der Waals surface area contributed by atoms with E-state index in [4.69, 9.17) is 0 Å². The number of nitrogens with one attached hydrogen (secondary N) is 1. The van der Waals surface area contributed by atoms with Crippen molar-refractivity contribution in [3.05, 3.63) is 34.9 Å². The van der Waals surface area contributed by atoms with Gasteiger partial charge in [0.05, 0.1) is 0 Å². The smallest absolute Gasteiger partial charge is 0.0294 e. The first-order valence-electron chi connectivity index (χ1n) is 8.71. The normalized spacial score (nSPS) is 22.1. The number of aryl methyl sites for hydroxylation is 2. The Morgan fingerprint density at radius 2 is 1.60 bits per heavy atom. The van der Waals surface area contributed by atoms with Gasteiger partial charge in [-0.3, -0.25) is 0 Å². The van der Waals surface area contributed by atoms with Crippen LogP contribution in [0.3, 0.4) is 0 Å². The van der Waals surface area contributed by atoms with Crippen molar-refractivity contribution in [1.82, 2.24) is 5.32 Å². The average Bonchev–Trinajstić information content (AvgIpc) is 2.75. The van der Waals surface area contributed by atoms with Crippen molar-refractivity contribution in [3.8, 4) is 0 Å². The Morgan fingerprint density at radius 1 is 0.900 bits per heavy atom. The van der Waals surface area contributed by atoms with E-state index < -0.39 is 0 Å². The van der Waals surface area contributed by atoms with Crippen LogP contribution in [0.4, 0.5) is 0 Å². The molecule has 1 nitrogen and oxygen atoms in total. The fraction of sp³-hybridized carbons (Fsp3) is 0.684. The summed E-state index contributed by atoms with van der Waals surface area (Å²) in [7, 11) is 0. The maximum absolute atomic E-state index is 3.88. The van der Waals surface area contributed by atoms with Crippen LogP contribution in [-0.2, 0) is 12.8 Å². The van der Waals surface area contributed by atoms with E-state index >= 15 is 0 Å². The zero-order chi connectivity index (χ0) is 13.8. The Balaban J connectivity index is 1.65. The molecule has 1 saturated carbocycles. The molecule has 0 spiro atoms. The Morgan fingerprint density at radius 3 is 2.35 bits per heavy atom. The summed E-state index contributed by atoms with van der Waals surface area (Å²) in [4.78, 5) is 0. The molecule has 1 aromatic carbocycles. The topological polar surface area (TPSA) is 12.0 Å². The van der Waals surface area contributed by atoms with Crippen LogP contribution in [0.15, 0.2) is 18.2 Å². The van der Waals surface area contributed by atoms with Crippen LogP contribution in [-0.4, -0.2) is 6.04 Å². The first-order chi connectivity index (χ1) is 9.83. The SMILES string of the molecule is CC(NC1CCCCCC1)c1ccc2c(c1)CCCC2. The largest absolute Gasteiger partial charge is 0.307 e. The Bertz CT molecular complexity index is 429. The van der Waals surface area contributed by atoms with Gasteiger partial charge in [0.15, 0.2) is 0 Å². The maximum Gasteiger partial charge on any atom is 0.0294 e. The number of hydrogen-bond acceptors (Lipinski definition) is 1. The minimum Gasteiger partial charge on any atom is -0.307 e. The van der Waals surface area contributed by atoms with Crippen LogP contribution >= 0.6 is 0 Å². The van der Waals surface area contributed by atoms with Crippen molar-refractivity contribution in [2.24, 2.45) is 0 Å². The van der Waals surface area contributed by atoms with Crippen LogP contribution in [0.1, 0.15) is 81.0 Å². The van der Waals surface area contributed by atoms with Gasteiger partial charge >= 0.3 is 0 Å². The van der Waals surface area contributed by atoms with Crippen LogP contribution in [0, 0.1) is 0 Å². The van der Waals surface area contributed by atoms with Crippen LogP contribution in [0.2, 0.25) is 0 Å². The van der Waals surface area contributed by atoms with Gasteiger partial charge < -0.3 is 5.32 Å². The van der Waals surface area contributed by atoms with E-state index in [1.54, 1.807) is 11.1 Å². The molecule has 0 aromatic heterocycles. The van der Waals surface area contributed by atoms with E-state index in [0.717, 1.165) is 6.04 Å². The summed E-state index contributed by atoms with van der Waals surface area (Å²) in [5.41, 5.74) is 4.71. The molecule has 0 radical (unpaired) electrons. The predicted molar refractivity (Wildman–Crippen MR) is 86.1 cm³/mol. The quantitative estimate of drug-likeness (QED) is 0.768. The van der Waals surface area contributed by atoms with Crippen LogP contribution in [0.25, 0.3) is 0 Å². The third kappa shape index (κ3) is 3.44. The lowest BCUT2D eigenvalue weighted by Crippen LogP contribution is -2.31. The second kappa shape index (κ2) is 6.76. The molecule has 1 atom stereocenters. The average molecular weight is 271 g/mol. The summed E-state index contributed by atoms with van der Waals surface area (Å²) in [6.45, 7) is 2.34. The van der Waals surface area contributed by atoms with Crippen molar-refractivity contribution in [1.29, 1.82) is 0 Å². The van der Waals surface area contributed by atoms with Gasteiger partial charge in [-0.05, 0) is 62.1 Å². The van der Waals surface area contributed by atoms with Gasteiger partial charge in [0.2, 0.25) is 0 Å². The fourth-order valence-corrected chi connectivity index (χ4v) is 3.92.